The van der Waals surface area contributed by atoms with Crippen molar-refractivity contribution in [2.24, 2.45) is 0 Å². The largest absolute Gasteiger partial charge is 0.504 e. The fourth-order valence-electron chi connectivity index (χ4n) is 2.97. The number of benzene rings is 2. The maximum atomic E-state index is 9.92. The zero-order valence-electron chi connectivity index (χ0n) is 11.5. The highest BCUT2D eigenvalue weighted by atomic mass is 16.3. The lowest BCUT2D eigenvalue weighted by molar-refractivity contribution is 0.401. The van der Waals surface area contributed by atoms with E-state index in [1.807, 2.05) is 36.4 Å². The first-order valence-electron chi connectivity index (χ1n) is 6.96. The Labute approximate surface area is 123 Å². The van der Waals surface area contributed by atoms with Crippen molar-refractivity contribution in [2.75, 3.05) is 13.1 Å². The molecule has 0 bridgehead atoms. The third kappa shape index (κ3) is 2.32. The Morgan fingerprint density at radius 1 is 1.19 bits per heavy atom. The van der Waals surface area contributed by atoms with Crippen LogP contribution in [0.4, 0.5) is 0 Å². The van der Waals surface area contributed by atoms with E-state index in [-0.39, 0.29) is 23.0 Å². The minimum Gasteiger partial charge on any atom is -0.504 e. The smallest absolute Gasteiger partial charge is 0.175 e. The number of phenols is 2. The Morgan fingerprint density at radius 2 is 1.95 bits per heavy atom. The summed E-state index contributed by atoms with van der Waals surface area (Å²) in [6.07, 6.45) is 0.662. The molecule has 4 heteroatoms. The third-order valence-corrected chi connectivity index (χ3v) is 4.01. The fourth-order valence-corrected chi connectivity index (χ4v) is 2.97. The summed E-state index contributed by atoms with van der Waals surface area (Å²) in [5.41, 5.74) is 3.06. The number of nitrogens with one attached hydrogen (secondary N) is 1. The molecule has 0 saturated carbocycles. The van der Waals surface area contributed by atoms with Crippen molar-refractivity contribution in [1.82, 2.24) is 5.32 Å². The minimum absolute atomic E-state index is 0.0577. The topological polar surface area (TPSA) is 76.3 Å². The minimum atomic E-state index is -0.315. The Hall–Kier alpha value is -2.51. The first-order valence-corrected chi connectivity index (χ1v) is 6.96. The highest BCUT2D eigenvalue weighted by Crippen LogP contribution is 2.39. The van der Waals surface area contributed by atoms with Gasteiger partial charge in [0.25, 0.3) is 0 Å². The molecule has 3 rings (SSSR count). The van der Waals surface area contributed by atoms with Gasteiger partial charge >= 0.3 is 0 Å². The Morgan fingerprint density at radius 3 is 2.67 bits per heavy atom. The van der Waals surface area contributed by atoms with Gasteiger partial charge in [-0.2, -0.15) is 5.26 Å². The summed E-state index contributed by atoms with van der Waals surface area (Å²) >= 11 is 0. The summed E-state index contributed by atoms with van der Waals surface area (Å²) in [6, 6.07) is 13.6. The number of nitriles is 1. The second kappa shape index (κ2) is 5.47. The molecule has 0 spiro atoms. The van der Waals surface area contributed by atoms with E-state index in [0.29, 0.717) is 6.42 Å². The summed E-state index contributed by atoms with van der Waals surface area (Å²) in [5.74, 6) is -0.486. The molecule has 4 nitrogen and oxygen atoms in total. The van der Waals surface area contributed by atoms with Crippen LogP contribution in [0.15, 0.2) is 36.4 Å². The van der Waals surface area contributed by atoms with Crippen molar-refractivity contribution in [2.45, 2.75) is 12.3 Å². The molecule has 3 N–H and O–H groups in total. The number of hydrogen-bond donors (Lipinski definition) is 3. The summed E-state index contributed by atoms with van der Waals surface area (Å²) in [7, 11) is 0. The average molecular weight is 280 g/mol. The van der Waals surface area contributed by atoms with Gasteiger partial charge in [0.2, 0.25) is 0 Å². The van der Waals surface area contributed by atoms with Crippen LogP contribution >= 0.6 is 0 Å². The van der Waals surface area contributed by atoms with Crippen molar-refractivity contribution in [1.29, 1.82) is 5.26 Å². The molecule has 106 valence electrons. The first kappa shape index (κ1) is 13.5. The summed E-state index contributed by atoms with van der Waals surface area (Å²) < 4.78 is 0. The molecule has 1 atom stereocenters. The maximum Gasteiger partial charge on any atom is 0.175 e. The van der Waals surface area contributed by atoms with E-state index in [4.69, 9.17) is 0 Å². The van der Waals surface area contributed by atoms with Crippen LogP contribution in [0.2, 0.25) is 0 Å². The van der Waals surface area contributed by atoms with Crippen LogP contribution in [-0.2, 0) is 6.42 Å². The van der Waals surface area contributed by atoms with Crippen LogP contribution < -0.4 is 5.32 Å². The Bertz CT molecular complexity index is 705. The first-order chi connectivity index (χ1) is 10.2. The lowest BCUT2D eigenvalue weighted by atomic mass is 9.85. The van der Waals surface area contributed by atoms with Gasteiger partial charge in [-0.15, -0.1) is 0 Å². The zero-order valence-corrected chi connectivity index (χ0v) is 11.5. The van der Waals surface area contributed by atoms with Gasteiger partial charge in [-0.05, 0) is 35.7 Å². The summed E-state index contributed by atoms with van der Waals surface area (Å²) in [6.45, 7) is 1.49. The molecule has 1 aliphatic heterocycles. The van der Waals surface area contributed by atoms with E-state index in [0.717, 1.165) is 29.8 Å². The SMILES string of the molecule is N#Cc1c(O)c(O)cc2c1CCNCC2c1ccccc1. The fraction of sp³-hybridized carbons (Fsp3) is 0.235. The highest BCUT2D eigenvalue weighted by Gasteiger charge is 2.25. The van der Waals surface area contributed by atoms with Crippen LogP contribution in [0.1, 0.15) is 28.2 Å². The van der Waals surface area contributed by atoms with E-state index in [9.17, 15) is 15.5 Å². The molecule has 0 aromatic heterocycles. The quantitative estimate of drug-likeness (QED) is 0.700. The summed E-state index contributed by atoms with van der Waals surface area (Å²) in [5, 5.41) is 32.5. The predicted octanol–water partition coefficient (Wildman–Crippen LogP) is 2.25. The zero-order chi connectivity index (χ0) is 14.8. The number of fused-ring (bicyclic) bond motifs is 1. The highest BCUT2D eigenvalue weighted by molar-refractivity contribution is 5.60. The summed E-state index contributed by atoms with van der Waals surface area (Å²) in [4.78, 5) is 0. The van der Waals surface area contributed by atoms with Gasteiger partial charge in [0, 0.05) is 12.5 Å². The number of phenolic OH excluding ortho intramolecular Hbond substituents is 2. The number of rotatable bonds is 1. The number of nitrogens with zero attached hydrogens (tertiary/aromatic N) is 1. The maximum absolute atomic E-state index is 9.92. The molecule has 2 aromatic rings. The Balaban J connectivity index is 2.21. The molecule has 0 aliphatic carbocycles. The van der Waals surface area contributed by atoms with Crippen molar-refractivity contribution < 1.29 is 10.2 Å². The average Bonchev–Trinajstić information content (AvgIpc) is 2.72. The van der Waals surface area contributed by atoms with Crippen LogP contribution in [0.25, 0.3) is 0 Å². The number of hydrogen-bond acceptors (Lipinski definition) is 4. The molecule has 21 heavy (non-hydrogen) atoms. The molecule has 0 amide bonds. The van der Waals surface area contributed by atoms with Gasteiger partial charge in [-0.25, -0.2) is 0 Å². The molecule has 2 aromatic carbocycles. The predicted molar refractivity (Wildman–Crippen MR) is 79.3 cm³/mol. The molecule has 0 fully saturated rings. The number of aromatic hydroxyl groups is 2. The third-order valence-electron chi connectivity index (χ3n) is 4.01. The lowest BCUT2D eigenvalue weighted by Crippen LogP contribution is -2.20. The standard InChI is InChI=1S/C17H16N2O2/c18-9-14-12-6-7-19-10-15(11-4-2-1-3-5-11)13(12)8-16(20)17(14)21/h1-5,8,15,19-21H,6-7,10H2. The van der Waals surface area contributed by atoms with Crippen molar-refractivity contribution >= 4 is 0 Å². The normalized spacial score (nSPS) is 17.6. The molecule has 0 saturated heterocycles. The monoisotopic (exact) mass is 280 g/mol. The second-order valence-corrected chi connectivity index (χ2v) is 5.22. The molecule has 1 unspecified atom stereocenters. The molecule has 1 aliphatic rings. The molecule has 0 radical (unpaired) electrons. The van der Waals surface area contributed by atoms with E-state index in [1.165, 1.54) is 0 Å². The van der Waals surface area contributed by atoms with E-state index >= 15 is 0 Å². The molecular weight excluding hydrogens is 264 g/mol. The second-order valence-electron chi connectivity index (χ2n) is 5.22. The van der Waals surface area contributed by atoms with Gasteiger partial charge in [0.1, 0.15) is 11.6 Å². The lowest BCUT2D eigenvalue weighted by Gasteiger charge is -2.19. The van der Waals surface area contributed by atoms with E-state index in [2.05, 4.69) is 5.32 Å². The van der Waals surface area contributed by atoms with Gasteiger partial charge in [0.15, 0.2) is 11.5 Å². The van der Waals surface area contributed by atoms with Crippen LogP contribution in [0, 0.1) is 11.3 Å². The molecule has 1 heterocycles. The molecular formula is C17H16N2O2. The Kier molecular flexibility index (Phi) is 3.51. The van der Waals surface area contributed by atoms with Crippen molar-refractivity contribution in [3.05, 3.63) is 58.7 Å². The van der Waals surface area contributed by atoms with Crippen molar-refractivity contribution in [3.8, 4) is 17.6 Å². The van der Waals surface area contributed by atoms with Crippen LogP contribution in [0.5, 0.6) is 11.5 Å². The van der Waals surface area contributed by atoms with E-state index in [1.54, 1.807) is 6.07 Å². The van der Waals surface area contributed by atoms with Gasteiger partial charge in [-0.3, -0.25) is 0 Å². The van der Waals surface area contributed by atoms with Crippen molar-refractivity contribution in [3.63, 3.8) is 0 Å². The van der Waals surface area contributed by atoms with Gasteiger partial charge < -0.3 is 15.5 Å². The van der Waals surface area contributed by atoms with Gasteiger partial charge in [0.05, 0.1) is 0 Å². The van der Waals surface area contributed by atoms with Crippen LogP contribution in [-0.4, -0.2) is 23.3 Å². The van der Waals surface area contributed by atoms with Gasteiger partial charge in [-0.1, -0.05) is 30.3 Å². The van der Waals surface area contributed by atoms with Crippen LogP contribution in [0.3, 0.4) is 0 Å². The van der Waals surface area contributed by atoms with E-state index < -0.39 is 0 Å².